The van der Waals surface area contributed by atoms with Gasteiger partial charge in [-0.15, -0.1) is 12.4 Å². The monoisotopic (exact) mass is 385 g/mol. The van der Waals surface area contributed by atoms with E-state index in [1.807, 2.05) is 18.2 Å². The van der Waals surface area contributed by atoms with Gasteiger partial charge in [-0.05, 0) is 74.0 Å². The number of carbonyl (C=O) groups is 1. The molecule has 1 aliphatic heterocycles. The van der Waals surface area contributed by atoms with E-state index in [1.165, 1.54) is 18.4 Å². The molecule has 1 saturated heterocycles. The molecule has 27 heavy (non-hydrogen) atoms. The normalized spacial score (nSPS) is 20.6. The first-order valence-corrected chi connectivity index (χ1v) is 9.73. The van der Waals surface area contributed by atoms with Gasteiger partial charge in [-0.25, -0.2) is 0 Å². The second-order valence-corrected chi connectivity index (χ2v) is 7.61. The second kappa shape index (κ2) is 8.90. The number of ketones is 1. The standard InChI is InChI=1S/C23H27NO2.ClH/c1-26-21-9-10-22-19(15-21)7-8-20(23(22)25)16-24-13-11-18(12-14-24)17-5-3-2-4-6-17;/h2-6,9-10,15,18,20H,7-8,11-14,16H2,1H3;1H. The van der Waals surface area contributed by atoms with Crippen LogP contribution in [0.15, 0.2) is 48.5 Å². The fourth-order valence-electron chi connectivity index (χ4n) is 4.48. The first kappa shape index (κ1) is 19.9. The molecular formula is C23H28ClNO2. The van der Waals surface area contributed by atoms with Crippen LogP contribution in [0, 0.1) is 5.92 Å². The van der Waals surface area contributed by atoms with Crippen molar-refractivity contribution in [3.63, 3.8) is 0 Å². The van der Waals surface area contributed by atoms with E-state index in [4.69, 9.17) is 4.74 Å². The summed E-state index contributed by atoms with van der Waals surface area (Å²) in [6, 6.07) is 16.7. The van der Waals surface area contributed by atoms with E-state index < -0.39 is 0 Å². The summed E-state index contributed by atoms with van der Waals surface area (Å²) < 4.78 is 5.29. The molecule has 0 aromatic heterocycles. The zero-order valence-electron chi connectivity index (χ0n) is 15.9. The van der Waals surface area contributed by atoms with Crippen molar-refractivity contribution in [2.75, 3.05) is 26.7 Å². The third-order valence-corrected chi connectivity index (χ3v) is 6.05. The Kier molecular flexibility index (Phi) is 6.56. The first-order valence-electron chi connectivity index (χ1n) is 9.73. The van der Waals surface area contributed by atoms with Gasteiger partial charge in [0.15, 0.2) is 5.78 Å². The van der Waals surface area contributed by atoms with Crippen molar-refractivity contribution in [2.24, 2.45) is 5.92 Å². The van der Waals surface area contributed by atoms with E-state index in [0.29, 0.717) is 11.7 Å². The van der Waals surface area contributed by atoms with Crippen LogP contribution in [0.3, 0.4) is 0 Å². The van der Waals surface area contributed by atoms with Gasteiger partial charge in [0.2, 0.25) is 0 Å². The molecule has 1 aliphatic carbocycles. The summed E-state index contributed by atoms with van der Waals surface area (Å²) in [7, 11) is 1.67. The van der Waals surface area contributed by atoms with E-state index in [1.54, 1.807) is 7.11 Å². The van der Waals surface area contributed by atoms with Crippen LogP contribution in [0.25, 0.3) is 0 Å². The molecule has 2 aromatic rings. The highest BCUT2D eigenvalue weighted by Crippen LogP contribution is 2.32. The summed E-state index contributed by atoms with van der Waals surface area (Å²) in [6.45, 7) is 3.10. The number of hydrogen-bond acceptors (Lipinski definition) is 3. The highest BCUT2D eigenvalue weighted by Gasteiger charge is 2.30. The number of piperidine rings is 1. The number of halogens is 1. The van der Waals surface area contributed by atoms with E-state index in [-0.39, 0.29) is 18.3 Å². The summed E-state index contributed by atoms with van der Waals surface area (Å²) >= 11 is 0. The van der Waals surface area contributed by atoms with E-state index >= 15 is 0 Å². The van der Waals surface area contributed by atoms with Gasteiger partial charge in [0.1, 0.15) is 5.75 Å². The van der Waals surface area contributed by atoms with Crippen molar-refractivity contribution < 1.29 is 9.53 Å². The molecular weight excluding hydrogens is 358 g/mol. The maximum atomic E-state index is 12.9. The highest BCUT2D eigenvalue weighted by atomic mass is 35.5. The molecule has 0 saturated carbocycles. The molecule has 144 valence electrons. The highest BCUT2D eigenvalue weighted by molar-refractivity contribution is 6.00. The number of benzene rings is 2. The van der Waals surface area contributed by atoms with Gasteiger partial charge in [-0.2, -0.15) is 0 Å². The molecule has 0 N–H and O–H groups in total. The molecule has 0 spiro atoms. The number of fused-ring (bicyclic) bond motifs is 1. The van der Waals surface area contributed by atoms with Crippen LogP contribution >= 0.6 is 12.4 Å². The number of aryl methyl sites for hydroxylation is 1. The average Bonchev–Trinajstić information content (AvgIpc) is 2.71. The van der Waals surface area contributed by atoms with Gasteiger partial charge in [0.05, 0.1) is 7.11 Å². The Morgan fingerprint density at radius 2 is 1.78 bits per heavy atom. The lowest BCUT2D eigenvalue weighted by Gasteiger charge is -2.35. The van der Waals surface area contributed by atoms with Crippen molar-refractivity contribution in [3.8, 4) is 5.75 Å². The van der Waals surface area contributed by atoms with Crippen LogP contribution in [0.4, 0.5) is 0 Å². The molecule has 4 rings (SSSR count). The minimum absolute atomic E-state index is 0. The molecule has 0 bridgehead atoms. The Hall–Kier alpha value is -1.84. The number of methoxy groups -OCH3 is 1. The Morgan fingerprint density at radius 3 is 2.48 bits per heavy atom. The van der Waals surface area contributed by atoms with Gasteiger partial charge >= 0.3 is 0 Å². The fourth-order valence-corrected chi connectivity index (χ4v) is 4.48. The van der Waals surface area contributed by atoms with E-state index in [2.05, 4.69) is 35.2 Å². The van der Waals surface area contributed by atoms with Gasteiger partial charge in [0, 0.05) is 18.0 Å². The summed E-state index contributed by atoms with van der Waals surface area (Å²) in [5.41, 5.74) is 3.51. The number of hydrogen-bond donors (Lipinski definition) is 0. The number of carbonyl (C=O) groups excluding carboxylic acids is 1. The lowest BCUT2D eigenvalue weighted by atomic mass is 9.81. The van der Waals surface area contributed by atoms with Crippen molar-refractivity contribution in [1.82, 2.24) is 4.90 Å². The topological polar surface area (TPSA) is 29.5 Å². The van der Waals surface area contributed by atoms with Crippen molar-refractivity contribution in [2.45, 2.75) is 31.6 Å². The molecule has 1 heterocycles. The molecule has 2 aromatic carbocycles. The molecule has 3 nitrogen and oxygen atoms in total. The van der Waals surface area contributed by atoms with E-state index in [9.17, 15) is 4.79 Å². The largest absolute Gasteiger partial charge is 0.497 e. The maximum Gasteiger partial charge on any atom is 0.167 e. The molecule has 0 radical (unpaired) electrons. The van der Waals surface area contributed by atoms with Crippen LogP contribution in [0.2, 0.25) is 0 Å². The predicted molar refractivity (Wildman–Crippen MR) is 111 cm³/mol. The number of nitrogens with zero attached hydrogens (tertiary/aromatic N) is 1. The van der Waals surface area contributed by atoms with Crippen LogP contribution < -0.4 is 4.74 Å². The number of likely N-dealkylation sites (tertiary alicyclic amines) is 1. The van der Waals surface area contributed by atoms with Crippen LogP contribution in [0.1, 0.15) is 46.7 Å². The van der Waals surface area contributed by atoms with Gasteiger partial charge in [0.25, 0.3) is 0 Å². The Labute approximate surface area is 168 Å². The maximum absolute atomic E-state index is 12.9. The summed E-state index contributed by atoms with van der Waals surface area (Å²) in [5, 5.41) is 0. The first-order chi connectivity index (χ1) is 12.7. The van der Waals surface area contributed by atoms with Gasteiger partial charge < -0.3 is 9.64 Å². The smallest absolute Gasteiger partial charge is 0.167 e. The number of ether oxygens (including phenoxy) is 1. The predicted octanol–water partition coefficient (Wildman–Crippen LogP) is 4.74. The zero-order chi connectivity index (χ0) is 17.9. The number of Topliss-reactive ketones (excluding diaryl/α,β-unsaturated/α-hetero) is 1. The minimum Gasteiger partial charge on any atom is -0.497 e. The lowest BCUT2D eigenvalue weighted by molar-refractivity contribution is 0.0840. The summed E-state index contributed by atoms with van der Waals surface area (Å²) in [4.78, 5) is 15.4. The van der Waals surface area contributed by atoms with E-state index in [0.717, 1.165) is 49.4 Å². The molecule has 1 unspecified atom stereocenters. The summed E-state index contributed by atoms with van der Waals surface area (Å²) in [5.74, 6) is 1.98. The third-order valence-electron chi connectivity index (χ3n) is 6.05. The molecule has 1 atom stereocenters. The Morgan fingerprint density at radius 1 is 1.04 bits per heavy atom. The minimum atomic E-state index is 0. The van der Waals surface area contributed by atoms with Crippen LogP contribution in [-0.2, 0) is 6.42 Å². The second-order valence-electron chi connectivity index (χ2n) is 7.61. The number of rotatable bonds is 4. The molecule has 4 heteroatoms. The quantitative estimate of drug-likeness (QED) is 0.761. The van der Waals surface area contributed by atoms with Gasteiger partial charge in [-0.3, -0.25) is 4.79 Å². The Bertz CT molecular complexity index is 769. The average molecular weight is 386 g/mol. The SMILES string of the molecule is COc1ccc2c(c1)CCC(CN1CCC(c3ccccc3)CC1)C2=O.Cl. The summed E-state index contributed by atoms with van der Waals surface area (Å²) in [6.07, 6.45) is 4.32. The van der Waals surface area contributed by atoms with Crippen molar-refractivity contribution >= 4 is 18.2 Å². The van der Waals surface area contributed by atoms with Crippen molar-refractivity contribution in [3.05, 3.63) is 65.2 Å². The Balaban J connectivity index is 0.00000210. The van der Waals surface area contributed by atoms with Gasteiger partial charge in [-0.1, -0.05) is 30.3 Å². The van der Waals surface area contributed by atoms with Crippen molar-refractivity contribution in [1.29, 1.82) is 0 Å². The zero-order valence-corrected chi connectivity index (χ0v) is 16.7. The van der Waals surface area contributed by atoms with Crippen LogP contribution in [-0.4, -0.2) is 37.4 Å². The molecule has 1 fully saturated rings. The van der Waals surface area contributed by atoms with Crippen LogP contribution in [0.5, 0.6) is 5.75 Å². The third kappa shape index (κ3) is 4.36. The molecule has 2 aliphatic rings. The fraction of sp³-hybridized carbons (Fsp3) is 0.435. The molecule has 0 amide bonds. The lowest BCUT2D eigenvalue weighted by Crippen LogP contribution is -2.40.